The lowest BCUT2D eigenvalue weighted by atomic mass is 9.93. The normalized spacial score (nSPS) is 17.6. The third-order valence-corrected chi connectivity index (χ3v) is 8.05. The molecule has 3 aromatic rings. The van der Waals surface area contributed by atoms with Gasteiger partial charge in [0.05, 0.1) is 10.9 Å². The van der Waals surface area contributed by atoms with Gasteiger partial charge in [-0.05, 0) is 46.7 Å². The Morgan fingerprint density at radius 2 is 1.86 bits per heavy atom. The van der Waals surface area contributed by atoms with Crippen LogP contribution in [0.2, 0.25) is 0 Å². The Hall–Kier alpha value is -1.99. The van der Waals surface area contributed by atoms with Crippen LogP contribution < -0.4 is 0 Å². The Kier molecular flexibility index (Phi) is 5.38. The van der Waals surface area contributed by atoms with Gasteiger partial charge in [-0.3, -0.25) is 4.90 Å². The van der Waals surface area contributed by atoms with E-state index in [-0.39, 0.29) is 6.04 Å². The summed E-state index contributed by atoms with van der Waals surface area (Å²) >= 11 is 1.83. The molecule has 0 unspecified atom stereocenters. The predicted molar refractivity (Wildman–Crippen MR) is 114 cm³/mol. The second-order valence-corrected chi connectivity index (χ2v) is 10.4. The first-order chi connectivity index (χ1) is 13.5. The topological polar surface area (TPSA) is 40.6 Å². The highest BCUT2D eigenvalue weighted by molar-refractivity contribution is 7.89. The van der Waals surface area contributed by atoms with Crippen LogP contribution in [0.4, 0.5) is 0 Å². The van der Waals surface area contributed by atoms with Crippen molar-refractivity contribution in [3.05, 3.63) is 87.6 Å². The fourth-order valence-corrected chi connectivity index (χ4v) is 5.69. The van der Waals surface area contributed by atoms with Crippen LogP contribution >= 0.6 is 11.3 Å². The van der Waals surface area contributed by atoms with Crippen LogP contribution in [-0.4, -0.2) is 38.3 Å². The molecule has 2 heterocycles. The molecule has 28 heavy (non-hydrogen) atoms. The minimum Gasteiger partial charge on any atom is -0.288 e. The maximum atomic E-state index is 12.5. The maximum Gasteiger partial charge on any atom is 0.242 e. The lowest BCUT2D eigenvalue weighted by molar-refractivity contribution is 0.206. The summed E-state index contributed by atoms with van der Waals surface area (Å²) in [6.45, 7) is 1.67. The van der Waals surface area contributed by atoms with Crippen LogP contribution in [0.25, 0.3) is 0 Å². The molecule has 2 aromatic carbocycles. The monoisotopic (exact) mass is 412 g/mol. The summed E-state index contributed by atoms with van der Waals surface area (Å²) < 4.78 is 26.3. The van der Waals surface area contributed by atoms with E-state index in [1.165, 1.54) is 20.3 Å². The number of hydrogen-bond acceptors (Lipinski definition) is 4. The molecule has 4 nitrogen and oxygen atoms in total. The SMILES string of the molecule is CN(C)S(=O)(=O)c1cccc(CN2CCc3sccc3[C@@H]2c2ccccc2)c1. The van der Waals surface area contributed by atoms with Crippen molar-refractivity contribution < 1.29 is 8.42 Å². The molecule has 1 aliphatic heterocycles. The van der Waals surface area contributed by atoms with Crippen molar-refractivity contribution in [1.29, 1.82) is 0 Å². The molecular weight excluding hydrogens is 388 g/mol. The van der Waals surface area contributed by atoms with Crippen molar-refractivity contribution in [3.8, 4) is 0 Å². The number of benzene rings is 2. The van der Waals surface area contributed by atoms with Crippen molar-refractivity contribution in [3.63, 3.8) is 0 Å². The average molecular weight is 413 g/mol. The van der Waals surface area contributed by atoms with E-state index in [4.69, 9.17) is 0 Å². The summed E-state index contributed by atoms with van der Waals surface area (Å²) in [4.78, 5) is 4.25. The lowest BCUT2D eigenvalue weighted by Gasteiger charge is -2.36. The molecule has 4 rings (SSSR count). The van der Waals surface area contributed by atoms with E-state index in [0.717, 1.165) is 18.5 Å². The summed E-state index contributed by atoms with van der Waals surface area (Å²) in [7, 11) is -0.298. The van der Waals surface area contributed by atoms with Crippen LogP contribution in [0.3, 0.4) is 0 Å². The quantitative estimate of drug-likeness (QED) is 0.632. The van der Waals surface area contributed by atoms with Crippen LogP contribution in [0.5, 0.6) is 0 Å². The van der Waals surface area contributed by atoms with Gasteiger partial charge in [0, 0.05) is 32.1 Å². The van der Waals surface area contributed by atoms with Crippen molar-refractivity contribution in [2.45, 2.75) is 23.9 Å². The number of rotatable bonds is 5. The zero-order chi connectivity index (χ0) is 19.7. The molecule has 0 N–H and O–H groups in total. The molecule has 0 bridgehead atoms. The van der Waals surface area contributed by atoms with Gasteiger partial charge in [-0.2, -0.15) is 0 Å². The Morgan fingerprint density at radius 3 is 2.61 bits per heavy atom. The highest BCUT2D eigenvalue weighted by Crippen LogP contribution is 2.38. The summed E-state index contributed by atoms with van der Waals surface area (Å²) in [5.41, 5.74) is 3.67. The first-order valence-corrected chi connectivity index (χ1v) is 11.7. The van der Waals surface area contributed by atoms with Crippen molar-refractivity contribution in [1.82, 2.24) is 9.21 Å². The highest BCUT2D eigenvalue weighted by Gasteiger charge is 2.29. The molecule has 6 heteroatoms. The van der Waals surface area contributed by atoms with Gasteiger partial charge in [0.15, 0.2) is 0 Å². The maximum absolute atomic E-state index is 12.5. The van der Waals surface area contributed by atoms with Gasteiger partial charge in [-0.15, -0.1) is 11.3 Å². The molecular formula is C22H24N2O2S2. The molecule has 1 aliphatic rings. The Balaban J connectivity index is 1.68. The third-order valence-electron chi connectivity index (χ3n) is 5.24. The number of hydrogen-bond donors (Lipinski definition) is 0. The fraction of sp³-hybridized carbons (Fsp3) is 0.273. The first kappa shape index (κ1) is 19.3. The molecule has 0 saturated carbocycles. The van der Waals surface area contributed by atoms with Crippen LogP contribution in [0, 0.1) is 0 Å². The number of thiophene rings is 1. The van der Waals surface area contributed by atoms with E-state index in [9.17, 15) is 8.42 Å². The van der Waals surface area contributed by atoms with Crippen molar-refractivity contribution >= 4 is 21.4 Å². The smallest absolute Gasteiger partial charge is 0.242 e. The number of sulfonamides is 1. The second kappa shape index (κ2) is 7.79. The largest absolute Gasteiger partial charge is 0.288 e. The van der Waals surface area contributed by atoms with E-state index in [0.29, 0.717) is 11.4 Å². The molecule has 1 atom stereocenters. The van der Waals surface area contributed by atoms with Gasteiger partial charge in [0.2, 0.25) is 10.0 Å². The van der Waals surface area contributed by atoms with E-state index in [2.05, 4.69) is 40.6 Å². The summed E-state index contributed by atoms with van der Waals surface area (Å²) in [5, 5.41) is 2.17. The standard InChI is InChI=1S/C22H24N2O2S2/c1-23(2)28(25,26)19-10-6-7-17(15-19)16-24-13-11-21-20(12-14-27-21)22(24)18-8-4-3-5-9-18/h3-10,12,14-15,22H,11,13,16H2,1-2H3/t22-/m0/s1. The highest BCUT2D eigenvalue weighted by atomic mass is 32.2. The van der Waals surface area contributed by atoms with Gasteiger partial charge in [0.25, 0.3) is 0 Å². The number of nitrogens with zero attached hydrogens (tertiary/aromatic N) is 2. The Morgan fingerprint density at radius 1 is 1.07 bits per heavy atom. The van der Waals surface area contributed by atoms with Crippen LogP contribution in [0.15, 0.2) is 70.9 Å². The lowest BCUT2D eigenvalue weighted by Crippen LogP contribution is -2.35. The molecule has 0 saturated heterocycles. The van der Waals surface area contributed by atoms with Gasteiger partial charge < -0.3 is 0 Å². The first-order valence-electron chi connectivity index (χ1n) is 9.33. The molecule has 0 aliphatic carbocycles. The molecule has 0 amide bonds. The predicted octanol–water partition coefficient (Wildman–Crippen LogP) is 4.15. The van der Waals surface area contributed by atoms with E-state index in [1.54, 1.807) is 26.2 Å². The summed E-state index contributed by atoms with van der Waals surface area (Å²) in [6.07, 6.45) is 1.03. The van der Waals surface area contributed by atoms with Gasteiger partial charge in [-0.1, -0.05) is 42.5 Å². The van der Waals surface area contributed by atoms with E-state index >= 15 is 0 Å². The molecule has 0 radical (unpaired) electrons. The minimum atomic E-state index is -3.43. The zero-order valence-electron chi connectivity index (χ0n) is 16.1. The molecule has 0 fully saturated rings. The van der Waals surface area contributed by atoms with Crippen LogP contribution in [-0.2, 0) is 23.0 Å². The molecule has 0 spiro atoms. The summed E-state index contributed by atoms with van der Waals surface area (Å²) in [5.74, 6) is 0. The Bertz CT molecular complexity index is 1060. The minimum absolute atomic E-state index is 0.199. The van der Waals surface area contributed by atoms with Gasteiger partial charge >= 0.3 is 0 Å². The molecule has 146 valence electrons. The second-order valence-electron chi connectivity index (χ2n) is 7.27. The number of fused-ring (bicyclic) bond motifs is 1. The average Bonchev–Trinajstić information content (AvgIpc) is 3.17. The Labute approximate surface area is 171 Å². The third kappa shape index (κ3) is 3.65. The molecule has 1 aromatic heterocycles. The van der Waals surface area contributed by atoms with E-state index < -0.39 is 10.0 Å². The zero-order valence-corrected chi connectivity index (χ0v) is 17.7. The fourth-order valence-electron chi connectivity index (χ4n) is 3.81. The van der Waals surface area contributed by atoms with Crippen LogP contribution in [0.1, 0.15) is 27.6 Å². The summed E-state index contributed by atoms with van der Waals surface area (Å²) in [6, 6.07) is 20.3. The van der Waals surface area contributed by atoms with Gasteiger partial charge in [-0.25, -0.2) is 12.7 Å². The van der Waals surface area contributed by atoms with Gasteiger partial charge in [0.1, 0.15) is 0 Å². The van der Waals surface area contributed by atoms with E-state index in [1.807, 2.05) is 29.5 Å². The van der Waals surface area contributed by atoms with Crippen molar-refractivity contribution in [2.75, 3.05) is 20.6 Å². The van der Waals surface area contributed by atoms with Crippen molar-refractivity contribution in [2.24, 2.45) is 0 Å².